The highest BCUT2D eigenvalue weighted by atomic mass is 15.3. The molecule has 1 aromatic carbocycles. The molecule has 3 heteroatoms. The third-order valence-electron chi connectivity index (χ3n) is 3.82. The Labute approximate surface area is 121 Å². The van der Waals surface area contributed by atoms with Gasteiger partial charge in [-0.25, -0.2) is 0 Å². The van der Waals surface area contributed by atoms with Crippen LogP contribution in [0.15, 0.2) is 42.6 Å². The molecule has 1 heterocycles. The molecule has 0 bridgehead atoms. The number of hydrogen-bond acceptors (Lipinski definition) is 2. The van der Waals surface area contributed by atoms with Gasteiger partial charge >= 0.3 is 0 Å². The lowest BCUT2D eigenvalue weighted by atomic mass is 10.0. The van der Waals surface area contributed by atoms with E-state index < -0.39 is 0 Å². The minimum atomic E-state index is 0.176. The predicted molar refractivity (Wildman–Crippen MR) is 83.7 cm³/mol. The molecule has 2 aromatic rings. The first-order chi connectivity index (χ1) is 9.69. The van der Waals surface area contributed by atoms with Crippen LogP contribution in [-0.2, 0) is 12.8 Å². The molecule has 0 spiro atoms. The van der Waals surface area contributed by atoms with Crippen LogP contribution in [0.5, 0.6) is 0 Å². The number of nitrogens with two attached hydrogens (primary N) is 1. The molecule has 0 saturated heterocycles. The van der Waals surface area contributed by atoms with E-state index in [1.165, 1.54) is 5.56 Å². The van der Waals surface area contributed by atoms with Crippen molar-refractivity contribution in [3.8, 4) is 0 Å². The highest BCUT2D eigenvalue weighted by molar-refractivity contribution is 5.15. The SMILES string of the molecule is CCC(C)n1ccc(CC(N)CCc2ccccc2)n1. The van der Waals surface area contributed by atoms with Gasteiger partial charge in [-0.3, -0.25) is 4.68 Å². The molecule has 2 N–H and O–H groups in total. The summed E-state index contributed by atoms with van der Waals surface area (Å²) in [6, 6.07) is 13.2. The van der Waals surface area contributed by atoms with Gasteiger partial charge in [0.1, 0.15) is 0 Å². The first-order valence-corrected chi connectivity index (χ1v) is 7.52. The Balaban J connectivity index is 1.82. The summed E-state index contributed by atoms with van der Waals surface area (Å²) in [5, 5.41) is 4.61. The summed E-state index contributed by atoms with van der Waals surface area (Å²) in [7, 11) is 0. The molecule has 0 aliphatic heterocycles. The summed E-state index contributed by atoms with van der Waals surface area (Å²) in [4.78, 5) is 0. The third kappa shape index (κ3) is 4.20. The Bertz CT molecular complexity index is 504. The van der Waals surface area contributed by atoms with E-state index in [1.54, 1.807) is 0 Å². The van der Waals surface area contributed by atoms with E-state index in [0.29, 0.717) is 6.04 Å². The van der Waals surface area contributed by atoms with Gasteiger partial charge in [0.05, 0.1) is 5.69 Å². The summed E-state index contributed by atoms with van der Waals surface area (Å²) < 4.78 is 2.04. The van der Waals surface area contributed by atoms with Crippen molar-refractivity contribution in [2.45, 2.75) is 51.6 Å². The van der Waals surface area contributed by atoms with Crippen LogP contribution in [0.4, 0.5) is 0 Å². The largest absolute Gasteiger partial charge is 0.327 e. The van der Waals surface area contributed by atoms with Crippen LogP contribution in [0, 0.1) is 0 Å². The fraction of sp³-hybridized carbons (Fsp3) is 0.471. The van der Waals surface area contributed by atoms with Crippen LogP contribution in [0.1, 0.15) is 44.0 Å². The Morgan fingerprint density at radius 1 is 1.20 bits per heavy atom. The Kier molecular flexibility index (Phi) is 5.36. The average molecular weight is 271 g/mol. The number of benzene rings is 1. The van der Waals surface area contributed by atoms with Crippen LogP contribution in [-0.4, -0.2) is 15.8 Å². The van der Waals surface area contributed by atoms with Gasteiger partial charge < -0.3 is 5.73 Å². The molecular formula is C17H25N3. The normalized spacial score (nSPS) is 14.2. The smallest absolute Gasteiger partial charge is 0.0640 e. The lowest BCUT2D eigenvalue weighted by Crippen LogP contribution is -2.24. The fourth-order valence-corrected chi connectivity index (χ4v) is 2.29. The molecule has 0 aliphatic carbocycles. The maximum absolute atomic E-state index is 6.22. The number of rotatable bonds is 7. The topological polar surface area (TPSA) is 43.8 Å². The first-order valence-electron chi connectivity index (χ1n) is 7.52. The van der Waals surface area contributed by atoms with Crippen molar-refractivity contribution < 1.29 is 0 Å². The highest BCUT2D eigenvalue weighted by Gasteiger charge is 2.09. The van der Waals surface area contributed by atoms with Crippen molar-refractivity contribution in [3.05, 3.63) is 53.9 Å². The summed E-state index contributed by atoms with van der Waals surface area (Å²) in [6.45, 7) is 4.36. The maximum Gasteiger partial charge on any atom is 0.0640 e. The van der Waals surface area contributed by atoms with Crippen LogP contribution < -0.4 is 5.73 Å². The zero-order valence-corrected chi connectivity index (χ0v) is 12.5. The molecule has 20 heavy (non-hydrogen) atoms. The Morgan fingerprint density at radius 3 is 2.65 bits per heavy atom. The fourth-order valence-electron chi connectivity index (χ4n) is 2.29. The van der Waals surface area contributed by atoms with E-state index in [4.69, 9.17) is 5.73 Å². The zero-order chi connectivity index (χ0) is 14.4. The quantitative estimate of drug-likeness (QED) is 0.839. The standard InChI is InChI=1S/C17H25N3/c1-3-14(2)20-12-11-17(19-20)13-16(18)10-9-15-7-5-4-6-8-15/h4-8,11-12,14,16H,3,9-10,13,18H2,1-2H3. The molecule has 0 saturated carbocycles. The lowest BCUT2D eigenvalue weighted by molar-refractivity contribution is 0.470. The number of aryl methyl sites for hydroxylation is 1. The van der Waals surface area contributed by atoms with Crippen LogP contribution in [0.3, 0.4) is 0 Å². The van der Waals surface area contributed by atoms with Gasteiger partial charge in [-0.15, -0.1) is 0 Å². The van der Waals surface area contributed by atoms with Gasteiger partial charge in [-0.05, 0) is 37.8 Å². The Morgan fingerprint density at radius 2 is 1.95 bits per heavy atom. The van der Waals surface area contributed by atoms with Gasteiger partial charge in [0.2, 0.25) is 0 Å². The van der Waals surface area contributed by atoms with Gasteiger partial charge in [-0.1, -0.05) is 37.3 Å². The van der Waals surface area contributed by atoms with Crippen LogP contribution in [0.2, 0.25) is 0 Å². The molecule has 0 amide bonds. The molecule has 0 aliphatic rings. The molecule has 108 valence electrons. The summed E-state index contributed by atoms with van der Waals surface area (Å²) in [6.07, 6.45) is 6.05. The zero-order valence-electron chi connectivity index (χ0n) is 12.5. The second-order valence-corrected chi connectivity index (χ2v) is 5.53. The molecule has 0 fully saturated rings. The van der Waals surface area contributed by atoms with E-state index in [2.05, 4.69) is 55.5 Å². The van der Waals surface area contributed by atoms with Crippen LogP contribution in [0.25, 0.3) is 0 Å². The van der Waals surface area contributed by atoms with Crippen molar-refractivity contribution in [3.63, 3.8) is 0 Å². The van der Waals surface area contributed by atoms with Crippen molar-refractivity contribution in [2.24, 2.45) is 5.73 Å². The first kappa shape index (κ1) is 14.8. The average Bonchev–Trinajstić information content (AvgIpc) is 2.94. The van der Waals surface area contributed by atoms with E-state index in [-0.39, 0.29) is 6.04 Å². The number of aromatic nitrogens is 2. The molecular weight excluding hydrogens is 246 g/mol. The summed E-state index contributed by atoms with van der Waals surface area (Å²) >= 11 is 0. The van der Waals surface area contributed by atoms with Crippen molar-refractivity contribution in [1.82, 2.24) is 9.78 Å². The van der Waals surface area contributed by atoms with Gasteiger partial charge in [0, 0.05) is 24.7 Å². The van der Waals surface area contributed by atoms with Gasteiger partial charge in [0.25, 0.3) is 0 Å². The van der Waals surface area contributed by atoms with E-state index >= 15 is 0 Å². The minimum absolute atomic E-state index is 0.176. The van der Waals surface area contributed by atoms with Crippen molar-refractivity contribution >= 4 is 0 Å². The summed E-state index contributed by atoms with van der Waals surface area (Å²) in [5.41, 5.74) is 8.68. The van der Waals surface area contributed by atoms with E-state index in [9.17, 15) is 0 Å². The third-order valence-corrected chi connectivity index (χ3v) is 3.82. The van der Waals surface area contributed by atoms with E-state index in [1.807, 2.05) is 10.7 Å². The van der Waals surface area contributed by atoms with Crippen LogP contribution >= 0.6 is 0 Å². The number of hydrogen-bond donors (Lipinski definition) is 1. The van der Waals surface area contributed by atoms with Gasteiger partial charge in [-0.2, -0.15) is 5.10 Å². The second-order valence-electron chi connectivity index (χ2n) is 5.53. The molecule has 1 aromatic heterocycles. The molecule has 3 nitrogen and oxygen atoms in total. The van der Waals surface area contributed by atoms with E-state index in [0.717, 1.165) is 31.4 Å². The lowest BCUT2D eigenvalue weighted by Gasteiger charge is -2.11. The molecule has 2 rings (SSSR count). The van der Waals surface area contributed by atoms with Crippen molar-refractivity contribution in [1.29, 1.82) is 0 Å². The molecule has 0 radical (unpaired) electrons. The maximum atomic E-state index is 6.22. The Hall–Kier alpha value is -1.61. The summed E-state index contributed by atoms with van der Waals surface area (Å²) in [5.74, 6) is 0. The second kappa shape index (κ2) is 7.25. The molecule has 2 unspecified atom stereocenters. The monoisotopic (exact) mass is 271 g/mol. The molecule has 2 atom stereocenters. The van der Waals surface area contributed by atoms with Gasteiger partial charge in [0.15, 0.2) is 0 Å². The van der Waals surface area contributed by atoms with Crippen molar-refractivity contribution in [2.75, 3.05) is 0 Å². The predicted octanol–water partition coefficient (Wildman–Crippen LogP) is 3.36. The minimum Gasteiger partial charge on any atom is -0.327 e. The highest BCUT2D eigenvalue weighted by Crippen LogP contribution is 2.11. The number of nitrogens with zero attached hydrogens (tertiary/aromatic N) is 2.